The predicted octanol–water partition coefficient (Wildman–Crippen LogP) is 2.61. The van der Waals surface area contributed by atoms with Gasteiger partial charge in [-0.3, -0.25) is 39.1 Å². The van der Waals surface area contributed by atoms with Gasteiger partial charge in [-0.15, -0.1) is 0 Å². The smallest absolute Gasteiger partial charge is 0.407 e. The van der Waals surface area contributed by atoms with Gasteiger partial charge < -0.3 is 15.0 Å². The lowest BCUT2D eigenvalue weighted by Gasteiger charge is -2.35. The Kier molecular flexibility index (Phi) is 9.43. The molecule has 4 heterocycles. The van der Waals surface area contributed by atoms with Crippen LogP contribution >= 0.6 is 0 Å². The molecule has 2 aromatic carbocycles. The SMILES string of the molecule is O=C1CCC(N2C(=O)c3cccc(CN4CCC(CC(=O)N5CCC(NC(=O)OCc6ccccc6)CC5)CC4)c3C2=O)C(=O)N1. The van der Waals surface area contributed by atoms with Gasteiger partial charge in [0, 0.05) is 38.5 Å². The molecule has 12 heteroatoms. The largest absolute Gasteiger partial charge is 0.445 e. The summed E-state index contributed by atoms with van der Waals surface area (Å²) in [6.45, 7) is 3.43. The number of benzene rings is 2. The molecule has 2 aromatic rings. The van der Waals surface area contributed by atoms with Gasteiger partial charge in [-0.1, -0.05) is 42.5 Å². The molecule has 12 nitrogen and oxygen atoms in total. The Bertz CT molecular complexity index is 1510. The molecule has 6 rings (SSSR count). The highest BCUT2D eigenvalue weighted by molar-refractivity contribution is 6.24. The zero-order chi connectivity index (χ0) is 32.2. The van der Waals surface area contributed by atoms with Crippen molar-refractivity contribution in [1.82, 2.24) is 25.3 Å². The Morgan fingerprint density at radius 2 is 1.59 bits per heavy atom. The first-order valence-corrected chi connectivity index (χ1v) is 16.1. The van der Waals surface area contributed by atoms with Gasteiger partial charge in [-0.25, -0.2) is 4.79 Å². The molecular formula is C34H39N5O7. The maximum atomic E-state index is 13.4. The zero-order valence-electron chi connectivity index (χ0n) is 25.7. The number of rotatable bonds is 8. The third-order valence-corrected chi connectivity index (χ3v) is 9.50. The van der Waals surface area contributed by atoms with Gasteiger partial charge in [0.2, 0.25) is 17.7 Å². The normalized spacial score (nSPS) is 21.3. The van der Waals surface area contributed by atoms with Crippen LogP contribution in [0.3, 0.4) is 0 Å². The molecule has 3 fully saturated rings. The summed E-state index contributed by atoms with van der Waals surface area (Å²) in [6.07, 6.45) is 3.32. The summed E-state index contributed by atoms with van der Waals surface area (Å²) in [5.74, 6) is -1.61. The Labute approximate surface area is 267 Å². The Morgan fingerprint density at radius 3 is 2.30 bits per heavy atom. The van der Waals surface area contributed by atoms with E-state index in [0.717, 1.165) is 42.0 Å². The van der Waals surface area contributed by atoms with E-state index in [1.165, 1.54) is 0 Å². The molecule has 0 aromatic heterocycles. The average Bonchev–Trinajstić information content (AvgIpc) is 3.31. The van der Waals surface area contributed by atoms with Crippen LogP contribution in [0.2, 0.25) is 0 Å². The number of carbonyl (C=O) groups excluding carboxylic acids is 6. The van der Waals surface area contributed by atoms with Gasteiger partial charge in [0.15, 0.2) is 0 Å². The molecule has 242 valence electrons. The molecule has 1 atom stereocenters. The van der Waals surface area contributed by atoms with Crippen molar-refractivity contribution < 1.29 is 33.5 Å². The first-order chi connectivity index (χ1) is 22.3. The maximum Gasteiger partial charge on any atom is 0.407 e. The van der Waals surface area contributed by atoms with Crippen LogP contribution in [0.5, 0.6) is 0 Å². The summed E-state index contributed by atoms with van der Waals surface area (Å²) in [5, 5.41) is 5.15. The van der Waals surface area contributed by atoms with Gasteiger partial charge in [0.25, 0.3) is 11.8 Å². The Morgan fingerprint density at radius 1 is 0.848 bits per heavy atom. The molecule has 1 unspecified atom stereocenters. The number of imide groups is 2. The molecule has 3 saturated heterocycles. The fourth-order valence-electron chi connectivity index (χ4n) is 6.89. The standard InChI is InChI=1S/C34H39N5O7/c40-28-10-9-27(31(42)36-28)39-32(43)26-8-4-7-24(30(26)33(39)44)20-37-15-11-22(12-16-37)19-29(41)38-17-13-25(14-18-38)35-34(45)46-21-23-5-2-1-3-6-23/h1-8,22,25,27H,9-21H2,(H,35,45)(H,36,40,42). The number of nitrogens with zero attached hydrogens (tertiary/aromatic N) is 3. The van der Waals surface area contributed by atoms with Crippen LogP contribution in [-0.2, 0) is 32.3 Å². The minimum Gasteiger partial charge on any atom is -0.445 e. The zero-order valence-corrected chi connectivity index (χ0v) is 25.7. The van der Waals surface area contributed by atoms with E-state index in [1.807, 2.05) is 41.3 Å². The van der Waals surface area contributed by atoms with Crippen molar-refractivity contribution in [2.45, 2.75) is 70.2 Å². The van der Waals surface area contributed by atoms with Crippen LogP contribution in [0.4, 0.5) is 4.79 Å². The second-order valence-corrected chi connectivity index (χ2v) is 12.6. The van der Waals surface area contributed by atoms with Gasteiger partial charge in [-0.2, -0.15) is 0 Å². The highest BCUT2D eigenvalue weighted by Gasteiger charge is 2.45. The molecule has 0 saturated carbocycles. The second kappa shape index (κ2) is 13.8. The summed E-state index contributed by atoms with van der Waals surface area (Å²) in [4.78, 5) is 81.1. The van der Waals surface area contributed by atoms with Crippen LogP contribution in [0.25, 0.3) is 0 Å². The monoisotopic (exact) mass is 629 g/mol. The first kappa shape index (κ1) is 31.4. The summed E-state index contributed by atoms with van der Waals surface area (Å²) >= 11 is 0. The predicted molar refractivity (Wildman–Crippen MR) is 165 cm³/mol. The number of alkyl carbamates (subject to hydrolysis) is 1. The van der Waals surface area contributed by atoms with Gasteiger partial charge in [0.05, 0.1) is 11.1 Å². The van der Waals surface area contributed by atoms with E-state index in [-0.39, 0.29) is 42.9 Å². The number of hydrogen-bond donors (Lipinski definition) is 2. The van der Waals surface area contributed by atoms with E-state index >= 15 is 0 Å². The number of fused-ring (bicyclic) bond motifs is 1. The quantitative estimate of drug-likeness (QED) is 0.424. The third-order valence-electron chi connectivity index (χ3n) is 9.50. The van der Waals surface area contributed by atoms with E-state index in [9.17, 15) is 28.8 Å². The number of amides is 6. The van der Waals surface area contributed by atoms with Gasteiger partial charge in [0.1, 0.15) is 12.6 Å². The van der Waals surface area contributed by atoms with Gasteiger partial charge in [-0.05, 0) is 68.3 Å². The second-order valence-electron chi connectivity index (χ2n) is 12.6. The topological polar surface area (TPSA) is 145 Å². The number of hydrogen-bond acceptors (Lipinski definition) is 8. The molecule has 4 aliphatic rings. The van der Waals surface area contributed by atoms with Gasteiger partial charge >= 0.3 is 6.09 Å². The van der Waals surface area contributed by atoms with Crippen LogP contribution in [-0.4, -0.2) is 88.6 Å². The molecule has 6 amide bonds. The van der Waals surface area contributed by atoms with Crippen LogP contribution in [0.1, 0.15) is 76.8 Å². The molecular weight excluding hydrogens is 590 g/mol. The fourth-order valence-corrected chi connectivity index (χ4v) is 6.89. The molecule has 4 aliphatic heterocycles. The molecule has 46 heavy (non-hydrogen) atoms. The van der Waals surface area contributed by atoms with Crippen molar-refractivity contribution in [3.05, 3.63) is 70.8 Å². The number of ether oxygens (including phenoxy) is 1. The molecule has 0 spiro atoms. The van der Waals surface area contributed by atoms with Crippen LogP contribution < -0.4 is 10.6 Å². The molecule has 2 N–H and O–H groups in total. The minimum atomic E-state index is -0.991. The number of likely N-dealkylation sites (tertiary alicyclic amines) is 2. The van der Waals surface area contributed by atoms with Crippen molar-refractivity contribution in [1.29, 1.82) is 0 Å². The third kappa shape index (κ3) is 6.96. The molecule has 0 bridgehead atoms. The van der Waals surface area contributed by atoms with E-state index < -0.39 is 35.8 Å². The van der Waals surface area contributed by atoms with E-state index in [1.54, 1.807) is 12.1 Å². The van der Waals surface area contributed by atoms with Crippen molar-refractivity contribution in [2.75, 3.05) is 26.2 Å². The highest BCUT2D eigenvalue weighted by Crippen LogP contribution is 2.31. The number of carbonyl (C=O) groups is 6. The summed E-state index contributed by atoms with van der Waals surface area (Å²) in [6, 6.07) is 13.7. The lowest BCUT2D eigenvalue weighted by atomic mass is 9.92. The molecule has 0 radical (unpaired) electrons. The van der Waals surface area contributed by atoms with E-state index in [0.29, 0.717) is 44.5 Å². The van der Waals surface area contributed by atoms with Crippen LogP contribution in [0.15, 0.2) is 48.5 Å². The van der Waals surface area contributed by atoms with E-state index in [2.05, 4.69) is 15.5 Å². The Balaban J connectivity index is 0.942. The minimum absolute atomic E-state index is 0.0201. The van der Waals surface area contributed by atoms with Crippen molar-refractivity contribution >= 4 is 35.6 Å². The van der Waals surface area contributed by atoms with Crippen LogP contribution in [0, 0.1) is 5.92 Å². The van der Waals surface area contributed by atoms with E-state index in [4.69, 9.17) is 4.74 Å². The highest BCUT2D eigenvalue weighted by atomic mass is 16.5. The first-order valence-electron chi connectivity index (χ1n) is 16.1. The number of piperidine rings is 3. The molecule has 0 aliphatic carbocycles. The average molecular weight is 630 g/mol. The Hall–Kier alpha value is -4.58. The lowest BCUT2D eigenvalue weighted by Crippen LogP contribution is -2.54. The number of nitrogens with one attached hydrogen (secondary N) is 2. The van der Waals surface area contributed by atoms with Crippen molar-refractivity contribution in [3.63, 3.8) is 0 Å². The van der Waals surface area contributed by atoms with Crippen molar-refractivity contribution in [3.8, 4) is 0 Å². The summed E-state index contributed by atoms with van der Waals surface area (Å²) < 4.78 is 5.33. The summed E-state index contributed by atoms with van der Waals surface area (Å²) in [5.41, 5.74) is 2.28. The van der Waals surface area contributed by atoms with Crippen molar-refractivity contribution in [2.24, 2.45) is 5.92 Å². The summed E-state index contributed by atoms with van der Waals surface area (Å²) in [7, 11) is 0. The maximum absolute atomic E-state index is 13.4. The lowest BCUT2D eigenvalue weighted by molar-refractivity contribution is -0.136. The fraction of sp³-hybridized carbons (Fsp3) is 0.471.